The third-order valence-corrected chi connectivity index (χ3v) is 3.09. The lowest BCUT2D eigenvalue weighted by Gasteiger charge is -2.19. The van der Waals surface area contributed by atoms with Gasteiger partial charge in [0.15, 0.2) is 0 Å². The topological polar surface area (TPSA) is 108 Å². The van der Waals surface area contributed by atoms with Gasteiger partial charge < -0.3 is 15.2 Å². The number of primary amides is 1. The second-order valence-electron chi connectivity index (χ2n) is 6.49. The summed E-state index contributed by atoms with van der Waals surface area (Å²) >= 11 is 0. The van der Waals surface area contributed by atoms with Crippen LogP contribution in [0.3, 0.4) is 0 Å². The summed E-state index contributed by atoms with van der Waals surface area (Å²) < 4.78 is 10.4. The molecule has 0 unspecified atom stereocenters. The maximum Gasteiger partial charge on any atom is 0.412 e. The molecule has 0 aromatic heterocycles. The predicted molar refractivity (Wildman–Crippen MR) is 96.2 cm³/mol. The van der Waals surface area contributed by atoms with Gasteiger partial charge in [-0.25, -0.2) is 9.59 Å². The number of nitrogens with two attached hydrogens (primary N) is 1. The standard InChI is InChI=1S/C19H20N2O5/c1-19(2,3)26-18(24)21-14-9-7-12(8-10-14)17(23)25-15-6-4-5-13(11-15)16(20)22/h4-11H,1-3H3,(H2,20,22)(H,21,24). The van der Waals surface area contributed by atoms with E-state index in [1.54, 1.807) is 45.0 Å². The molecule has 2 aromatic rings. The Morgan fingerprint density at radius 3 is 2.19 bits per heavy atom. The molecule has 0 fully saturated rings. The molecule has 0 atom stereocenters. The number of nitrogens with one attached hydrogen (secondary N) is 1. The van der Waals surface area contributed by atoms with Crippen LogP contribution in [0.2, 0.25) is 0 Å². The van der Waals surface area contributed by atoms with Gasteiger partial charge in [0.1, 0.15) is 11.4 Å². The van der Waals surface area contributed by atoms with Gasteiger partial charge in [-0.05, 0) is 63.2 Å². The average Bonchev–Trinajstić information content (AvgIpc) is 2.53. The molecule has 2 aromatic carbocycles. The van der Waals surface area contributed by atoms with Gasteiger partial charge in [0.25, 0.3) is 0 Å². The van der Waals surface area contributed by atoms with Crippen molar-refractivity contribution in [1.82, 2.24) is 0 Å². The highest BCUT2D eigenvalue weighted by Gasteiger charge is 2.16. The van der Waals surface area contributed by atoms with Crippen LogP contribution in [0.5, 0.6) is 5.75 Å². The fourth-order valence-corrected chi connectivity index (χ4v) is 1.99. The van der Waals surface area contributed by atoms with Crippen molar-refractivity contribution < 1.29 is 23.9 Å². The minimum absolute atomic E-state index is 0.210. The Kier molecular flexibility index (Phi) is 5.61. The summed E-state index contributed by atoms with van der Waals surface area (Å²) in [6.07, 6.45) is -0.587. The minimum atomic E-state index is -0.611. The predicted octanol–water partition coefficient (Wildman–Crippen LogP) is 3.35. The van der Waals surface area contributed by atoms with Gasteiger partial charge in [0.05, 0.1) is 5.56 Å². The molecule has 7 heteroatoms. The van der Waals surface area contributed by atoms with E-state index < -0.39 is 23.6 Å². The van der Waals surface area contributed by atoms with Gasteiger partial charge in [-0.15, -0.1) is 0 Å². The molecule has 3 N–H and O–H groups in total. The van der Waals surface area contributed by atoms with Crippen LogP contribution in [0.15, 0.2) is 48.5 Å². The maximum absolute atomic E-state index is 12.2. The summed E-state index contributed by atoms with van der Waals surface area (Å²) in [6.45, 7) is 5.29. The zero-order chi connectivity index (χ0) is 19.3. The Labute approximate surface area is 151 Å². The Morgan fingerprint density at radius 2 is 1.62 bits per heavy atom. The molecule has 2 amide bonds. The first-order valence-corrected chi connectivity index (χ1v) is 7.86. The third-order valence-electron chi connectivity index (χ3n) is 3.09. The average molecular weight is 356 g/mol. The van der Waals surface area contributed by atoms with Gasteiger partial charge in [-0.3, -0.25) is 10.1 Å². The van der Waals surface area contributed by atoms with E-state index >= 15 is 0 Å². The van der Waals surface area contributed by atoms with Crippen LogP contribution in [-0.4, -0.2) is 23.6 Å². The molecule has 0 radical (unpaired) electrons. The second-order valence-corrected chi connectivity index (χ2v) is 6.49. The molecule has 7 nitrogen and oxygen atoms in total. The number of ether oxygens (including phenoxy) is 2. The summed E-state index contributed by atoms with van der Waals surface area (Å²) in [5.41, 5.74) is 5.59. The molecule has 0 aliphatic heterocycles. The first kappa shape index (κ1) is 19.0. The Morgan fingerprint density at radius 1 is 0.962 bits per heavy atom. The van der Waals surface area contributed by atoms with E-state index in [1.807, 2.05) is 0 Å². The molecule has 136 valence electrons. The van der Waals surface area contributed by atoms with E-state index in [1.165, 1.54) is 24.3 Å². The van der Waals surface area contributed by atoms with E-state index in [0.29, 0.717) is 5.69 Å². The molecule has 26 heavy (non-hydrogen) atoms. The van der Waals surface area contributed by atoms with Crippen LogP contribution in [0, 0.1) is 0 Å². The first-order valence-electron chi connectivity index (χ1n) is 7.86. The number of hydrogen-bond donors (Lipinski definition) is 2. The van der Waals surface area contributed by atoms with E-state index in [0.717, 1.165) is 0 Å². The maximum atomic E-state index is 12.2. The molecule has 0 aliphatic rings. The number of carbonyl (C=O) groups excluding carboxylic acids is 3. The van der Waals surface area contributed by atoms with Crippen molar-refractivity contribution in [3.63, 3.8) is 0 Å². The molecule has 0 spiro atoms. The first-order chi connectivity index (χ1) is 12.1. The smallest absolute Gasteiger partial charge is 0.412 e. The Hall–Kier alpha value is -3.35. The van der Waals surface area contributed by atoms with Crippen molar-refractivity contribution in [2.24, 2.45) is 5.73 Å². The van der Waals surface area contributed by atoms with E-state index in [4.69, 9.17) is 15.2 Å². The summed E-state index contributed by atoms with van der Waals surface area (Å²) in [5, 5.41) is 2.57. The van der Waals surface area contributed by atoms with Crippen molar-refractivity contribution >= 4 is 23.7 Å². The van der Waals surface area contributed by atoms with Crippen molar-refractivity contribution in [3.8, 4) is 5.75 Å². The van der Waals surface area contributed by atoms with Crippen molar-refractivity contribution in [2.45, 2.75) is 26.4 Å². The van der Waals surface area contributed by atoms with Crippen LogP contribution in [-0.2, 0) is 4.74 Å². The van der Waals surface area contributed by atoms with Crippen molar-refractivity contribution in [3.05, 3.63) is 59.7 Å². The van der Waals surface area contributed by atoms with E-state index in [-0.39, 0.29) is 16.9 Å². The lowest BCUT2D eigenvalue weighted by Crippen LogP contribution is -2.27. The number of anilines is 1. The molecule has 0 heterocycles. The largest absolute Gasteiger partial charge is 0.444 e. The highest BCUT2D eigenvalue weighted by atomic mass is 16.6. The SMILES string of the molecule is CC(C)(C)OC(=O)Nc1ccc(C(=O)Oc2cccc(C(N)=O)c2)cc1. The van der Waals surface area contributed by atoms with E-state index in [2.05, 4.69) is 5.32 Å². The van der Waals surface area contributed by atoms with Crippen molar-refractivity contribution in [1.29, 1.82) is 0 Å². The molecular formula is C19H20N2O5. The number of esters is 1. The van der Waals surface area contributed by atoms with Crippen LogP contribution in [0.4, 0.5) is 10.5 Å². The quantitative estimate of drug-likeness (QED) is 0.645. The molecule has 0 bridgehead atoms. The summed E-state index contributed by atoms with van der Waals surface area (Å²) in [6, 6.07) is 12.1. The summed E-state index contributed by atoms with van der Waals surface area (Å²) in [5.74, 6) is -1.00. The lowest BCUT2D eigenvalue weighted by atomic mass is 10.2. The highest BCUT2D eigenvalue weighted by molar-refractivity contribution is 5.94. The van der Waals surface area contributed by atoms with Crippen LogP contribution >= 0.6 is 0 Å². The monoisotopic (exact) mass is 356 g/mol. The molecule has 0 saturated heterocycles. The minimum Gasteiger partial charge on any atom is -0.444 e. The number of benzene rings is 2. The fraction of sp³-hybridized carbons (Fsp3) is 0.211. The lowest BCUT2D eigenvalue weighted by molar-refractivity contribution is 0.0635. The van der Waals surface area contributed by atoms with Crippen molar-refractivity contribution in [2.75, 3.05) is 5.32 Å². The number of carbonyl (C=O) groups is 3. The van der Waals surface area contributed by atoms with Crippen LogP contribution < -0.4 is 15.8 Å². The normalized spacial score (nSPS) is 10.7. The van der Waals surface area contributed by atoms with Gasteiger partial charge in [0.2, 0.25) is 5.91 Å². The Bertz CT molecular complexity index is 823. The fourth-order valence-electron chi connectivity index (χ4n) is 1.99. The van der Waals surface area contributed by atoms with Gasteiger partial charge in [0, 0.05) is 11.3 Å². The number of rotatable bonds is 4. The van der Waals surface area contributed by atoms with Gasteiger partial charge in [-0.1, -0.05) is 6.07 Å². The molecule has 0 aliphatic carbocycles. The molecule has 0 saturated carbocycles. The summed E-state index contributed by atoms with van der Waals surface area (Å²) in [7, 11) is 0. The highest BCUT2D eigenvalue weighted by Crippen LogP contribution is 2.17. The second kappa shape index (κ2) is 7.69. The van der Waals surface area contributed by atoms with E-state index in [9.17, 15) is 14.4 Å². The Balaban J connectivity index is 2.01. The molecular weight excluding hydrogens is 336 g/mol. The molecule has 2 rings (SSSR count). The number of hydrogen-bond acceptors (Lipinski definition) is 5. The van der Waals surface area contributed by atoms with Gasteiger partial charge in [-0.2, -0.15) is 0 Å². The third kappa shape index (κ3) is 5.62. The van der Waals surface area contributed by atoms with Crippen LogP contribution in [0.25, 0.3) is 0 Å². The van der Waals surface area contributed by atoms with Gasteiger partial charge >= 0.3 is 12.1 Å². The number of amides is 2. The zero-order valence-corrected chi connectivity index (χ0v) is 14.7. The zero-order valence-electron chi connectivity index (χ0n) is 14.7. The summed E-state index contributed by atoms with van der Waals surface area (Å²) in [4.78, 5) is 35.0. The van der Waals surface area contributed by atoms with Crippen LogP contribution in [0.1, 0.15) is 41.5 Å².